The number of aromatic nitrogens is 2. The lowest BCUT2D eigenvalue weighted by Gasteiger charge is -2.13. The Bertz CT molecular complexity index is 966. The number of ether oxygens (including phenoxy) is 2. The Balaban J connectivity index is 2.14. The van der Waals surface area contributed by atoms with Crippen LogP contribution in [-0.4, -0.2) is 23.7 Å². The molecule has 1 N–H and O–H groups in total. The molecule has 24 heavy (non-hydrogen) atoms. The van der Waals surface area contributed by atoms with Gasteiger partial charge in [-0.2, -0.15) is 0 Å². The summed E-state index contributed by atoms with van der Waals surface area (Å²) in [6.07, 6.45) is 1.67. The molecule has 3 rings (SSSR count). The van der Waals surface area contributed by atoms with Gasteiger partial charge in [0.25, 0.3) is 5.56 Å². The molecule has 122 valence electrons. The summed E-state index contributed by atoms with van der Waals surface area (Å²) in [6.45, 7) is 4.03. The maximum Gasteiger partial charge on any atom is 0.259 e. The average Bonchev–Trinajstić information content (AvgIpc) is 2.60. The van der Waals surface area contributed by atoms with Crippen molar-refractivity contribution < 1.29 is 9.47 Å². The number of fused-ring (bicyclic) bond motifs is 1. The predicted octanol–water partition coefficient (Wildman–Crippen LogP) is 3.77. The molecule has 0 radical (unpaired) electrons. The summed E-state index contributed by atoms with van der Waals surface area (Å²) in [5.41, 5.74) is 1.24. The van der Waals surface area contributed by atoms with E-state index in [9.17, 15) is 4.79 Å². The summed E-state index contributed by atoms with van der Waals surface area (Å²) in [7, 11) is 1.58. The van der Waals surface area contributed by atoms with Crippen LogP contribution in [0.4, 0.5) is 0 Å². The van der Waals surface area contributed by atoms with Crippen LogP contribution in [0.25, 0.3) is 22.3 Å². The second kappa shape index (κ2) is 7.04. The van der Waals surface area contributed by atoms with E-state index in [0.717, 1.165) is 9.13 Å². The number of hydrogen-bond acceptors (Lipinski definition) is 4. The van der Waals surface area contributed by atoms with Crippen LogP contribution in [-0.2, 0) is 0 Å². The summed E-state index contributed by atoms with van der Waals surface area (Å²) in [5.74, 6) is 1.71. The van der Waals surface area contributed by atoms with Crippen LogP contribution >= 0.6 is 22.6 Å². The fourth-order valence-electron chi connectivity index (χ4n) is 2.36. The molecular formula is C18H15IN2O3. The van der Waals surface area contributed by atoms with Crippen LogP contribution in [0.3, 0.4) is 0 Å². The van der Waals surface area contributed by atoms with Crippen LogP contribution in [0.1, 0.15) is 0 Å². The van der Waals surface area contributed by atoms with Crippen molar-refractivity contribution in [3.63, 3.8) is 0 Å². The number of hydrogen-bond donors (Lipinski definition) is 1. The minimum Gasteiger partial charge on any atom is -0.493 e. The summed E-state index contributed by atoms with van der Waals surface area (Å²) >= 11 is 2.17. The molecule has 0 bridgehead atoms. The molecule has 0 spiro atoms. The van der Waals surface area contributed by atoms with Crippen molar-refractivity contribution in [2.45, 2.75) is 0 Å². The number of benzene rings is 2. The first-order chi connectivity index (χ1) is 11.6. The molecule has 5 nitrogen and oxygen atoms in total. The topological polar surface area (TPSA) is 64.2 Å². The lowest BCUT2D eigenvalue weighted by Crippen LogP contribution is -2.09. The fraction of sp³-hybridized carbons (Fsp3) is 0.111. The van der Waals surface area contributed by atoms with E-state index >= 15 is 0 Å². The molecular weight excluding hydrogens is 419 g/mol. The Labute approximate surface area is 152 Å². The molecule has 6 heteroatoms. The largest absolute Gasteiger partial charge is 0.493 e. The molecule has 0 saturated carbocycles. The van der Waals surface area contributed by atoms with Gasteiger partial charge in [0, 0.05) is 5.56 Å². The monoisotopic (exact) mass is 434 g/mol. The molecule has 3 aromatic rings. The van der Waals surface area contributed by atoms with Crippen molar-refractivity contribution in [1.82, 2.24) is 9.97 Å². The third-order valence-corrected chi connectivity index (χ3v) is 4.26. The van der Waals surface area contributed by atoms with Gasteiger partial charge in [-0.15, -0.1) is 0 Å². The van der Waals surface area contributed by atoms with Gasteiger partial charge in [0.15, 0.2) is 11.5 Å². The zero-order valence-electron chi connectivity index (χ0n) is 13.0. The average molecular weight is 434 g/mol. The van der Waals surface area contributed by atoms with Gasteiger partial charge in [-0.25, -0.2) is 4.98 Å². The Hall–Kier alpha value is -2.35. The smallest absolute Gasteiger partial charge is 0.259 e. The van der Waals surface area contributed by atoms with Crippen LogP contribution in [0.2, 0.25) is 0 Å². The van der Waals surface area contributed by atoms with E-state index in [2.05, 4.69) is 39.1 Å². The second-order valence-electron chi connectivity index (χ2n) is 5.02. The van der Waals surface area contributed by atoms with E-state index in [1.807, 2.05) is 24.3 Å². The fourth-order valence-corrected chi connectivity index (χ4v) is 3.12. The highest BCUT2D eigenvalue weighted by Crippen LogP contribution is 2.36. The third-order valence-electron chi connectivity index (χ3n) is 3.46. The van der Waals surface area contributed by atoms with Gasteiger partial charge in [-0.3, -0.25) is 4.79 Å². The lowest BCUT2D eigenvalue weighted by atomic mass is 10.1. The molecule has 0 unspecified atom stereocenters. The Kier molecular flexibility index (Phi) is 4.84. The van der Waals surface area contributed by atoms with Crippen LogP contribution < -0.4 is 15.0 Å². The molecule has 1 heterocycles. The molecule has 1 aromatic heterocycles. The molecule has 0 aliphatic rings. The van der Waals surface area contributed by atoms with Gasteiger partial charge in [-0.05, 0) is 46.9 Å². The molecule has 2 aromatic carbocycles. The number of nitrogens with zero attached hydrogens (tertiary/aromatic N) is 1. The first kappa shape index (κ1) is 16.5. The summed E-state index contributed by atoms with van der Waals surface area (Å²) in [4.78, 5) is 19.6. The lowest BCUT2D eigenvalue weighted by molar-refractivity contribution is 0.324. The highest BCUT2D eigenvalue weighted by molar-refractivity contribution is 14.1. The van der Waals surface area contributed by atoms with Crippen molar-refractivity contribution in [3.05, 3.63) is 63.0 Å². The predicted molar refractivity (Wildman–Crippen MR) is 103 cm³/mol. The van der Waals surface area contributed by atoms with E-state index < -0.39 is 0 Å². The quantitative estimate of drug-likeness (QED) is 0.491. The van der Waals surface area contributed by atoms with Crippen LogP contribution in [0.5, 0.6) is 11.5 Å². The highest BCUT2D eigenvalue weighted by Gasteiger charge is 2.14. The minimum atomic E-state index is -0.170. The molecule has 0 fully saturated rings. The van der Waals surface area contributed by atoms with Crippen LogP contribution in [0, 0.1) is 3.57 Å². The van der Waals surface area contributed by atoms with Gasteiger partial charge in [-0.1, -0.05) is 24.8 Å². The Morgan fingerprint density at radius 3 is 2.88 bits per heavy atom. The zero-order chi connectivity index (χ0) is 17.1. The number of para-hydroxylation sites is 1. The Morgan fingerprint density at radius 2 is 2.12 bits per heavy atom. The zero-order valence-corrected chi connectivity index (χ0v) is 15.2. The highest BCUT2D eigenvalue weighted by atomic mass is 127. The number of halogens is 1. The summed E-state index contributed by atoms with van der Waals surface area (Å²) < 4.78 is 11.9. The van der Waals surface area contributed by atoms with Gasteiger partial charge in [0.05, 0.1) is 21.6 Å². The van der Waals surface area contributed by atoms with Crippen molar-refractivity contribution in [1.29, 1.82) is 0 Å². The van der Waals surface area contributed by atoms with Crippen molar-refractivity contribution in [3.8, 4) is 22.9 Å². The number of nitrogens with one attached hydrogen (secondary N) is 1. The summed E-state index contributed by atoms with van der Waals surface area (Å²) in [5, 5.41) is 0.564. The van der Waals surface area contributed by atoms with Gasteiger partial charge in [0.2, 0.25) is 0 Å². The van der Waals surface area contributed by atoms with E-state index in [1.54, 1.807) is 25.3 Å². The van der Waals surface area contributed by atoms with Crippen LogP contribution in [0.15, 0.2) is 53.8 Å². The maximum atomic E-state index is 12.3. The molecule has 0 aliphatic heterocycles. The Morgan fingerprint density at radius 1 is 1.33 bits per heavy atom. The number of aromatic amines is 1. The van der Waals surface area contributed by atoms with Crippen molar-refractivity contribution in [2.75, 3.05) is 13.7 Å². The molecule has 0 atom stereocenters. The van der Waals surface area contributed by atoms with E-state index in [1.165, 1.54) is 0 Å². The second-order valence-corrected chi connectivity index (χ2v) is 6.18. The first-order valence-electron chi connectivity index (χ1n) is 7.24. The number of H-pyrrole nitrogens is 1. The summed E-state index contributed by atoms with van der Waals surface area (Å²) in [6, 6.07) is 10.9. The van der Waals surface area contributed by atoms with Gasteiger partial charge >= 0.3 is 0 Å². The molecule has 0 aliphatic carbocycles. The van der Waals surface area contributed by atoms with Gasteiger partial charge in [0.1, 0.15) is 12.4 Å². The third kappa shape index (κ3) is 3.14. The van der Waals surface area contributed by atoms with Crippen molar-refractivity contribution in [2.24, 2.45) is 0 Å². The number of rotatable bonds is 5. The molecule has 0 saturated heterocycles. The van der Waals surface area contributed by atoms with E-state index in [-0.39, 0.29) is 5.56 Å². The normalized spacial score (nSPS) is 10.6. The minimum absolute atomic E-state index is 0.170. The van der Waals surface area contributed by atoms with Gasteiger partial charge < -0.3 is 14.5 Å². The first-order valence-corrected chi connectivity index (χ1v) is 8.32. The standard InChI is InChI=1S/C18H15IN2O3/c1-3-8-24-16-13(19)9-11(10-15(16)23-2)17-20-14-7-5-4-6-12(14)18(22)21-17/h3-7,9-10H,1,8H2,2H3,(H,20,21,22). The SMILES string of the molecule is C=CCOc1c(I)cc(-c2nc3ccccc3c(=O)[nH]2)cc1OC. The number of methoxy groups -OCH3 is 1. The maximum absolute atomic E-state index is 12.3. The molecule has 0 amide bonds. The van der Waals surface area contributed by atoms with E-state index in [4.69, 9.17) is 9.47 Å². The van der Waals surface area contributed by atoms with Crippen molar-refractivity contribution >= 4 is 33.5 Å². The van der Waals surface area contributed by atoms with E-state index in [0.29, 0.717) is 34.8 Å².